The number of pyridine rings is 1. The molecule has 0 saturated carbocycles. The van der Waals surface area contributed by atoms with Crippen LogP contribution in [0.15, 0.2) is 24.5 Å². The Morgan fingerprint density at radius 3 is 2.95 bits per heavy atom. The zero-order valence-corrected chi connectivity index (χ0v) is 12.2. The number of carboxylic acids is 1. The molecule has 2 aromatic rings. The third-order valence-corrected chi connectivity index (χ3v) is 3.77. The molecule has 3 rings (SSSR count). The lowest BCUT2D eigenvalue weighted by Crippen LogP contribution is -2.61. The maximum absolute atomic E-state index is 10.5. The molecule has 2 aromatic heterocycles. The highest BCUT2D eigenvalue weighted by molar-refractivity contribution is 5.68. The van der Waals surface area contributed by atoms with Gasteiger partial charge < -0.3 is 14.2 Å². The average molecular weight is 289 g/mol. The minimum Gasteiger partial charge on any atom is -0.480 e. The first kappa shape index (κ1) is 14.0. The number of imidazole rings is 1. The minimum absolute atomic E-state index is 0.238. The van der Waals surface area contributed by atoms with Crippen LogP contribution in [-0.2, 0) is 16.1 Å². The molecule has 0 atom stereocenters. The number of fused-ring (bicyclic) bond motifs is 1. The number of ether oxygens (including phenoxy) is 1. The fourth-order valence-corrected chi connectivity index (χ4v) is 2.85. The molecule has 6 heteroatoms. The molecule has 1 aliphatic heterocycles. The van der Waals surface area contributed by atoms with Crippen molar-refractivity contribution in [2.75, 3.05) is 19.7 Å². The van der Waals surface area contributed by atoms with Crippen molar-refractivity contribution >= 4 is 11.6 Å². The predicted molar refractivity (Wildman–Crippen MR) is 77.2 cm³/mol. The summed E-state index contributed by atoms with van der Waals surface area (Å²) in [5, 5.41) is 8.65. The van der Waals surface area contributed by atoms with Crippen LogP contribution in [0, 0.1) is 6.92 Å². The number of aliphatic carboxylic acids is 1. The van der Waals surface area contributed by atoms with E-state index in [-0.39, 0.29) is 12.2 Å². The highest BCUT2D eigenvalue weighted by atomic mass is 16.5. The monoisotopic (exact) mass is 289 g/mol. The zero-order chi connectivity index (χ0) is 15.0. The van der Waals surface area contributed by atoms with Crippen LogP contribution in [-0.4, -0.2) is 50.7 Å². The van der Waals surface area contributed by atoms with Crippen molar-refractivity contribution in [1.29, 1.82) is 0 Å². The van der Waals surface area contributed by atoms with Gasteiger partial charge in [0.25, 0.3) is 0 Å². The third kappa shape index (κ3) is 2.91. The van der Waals surface area contributed by atoms with Gasteiger partial charge in [0.2, 0.25) is 0 Å². The van der Waals surface area contributed by atoms with Gasteiger partial charge in [0.05, 0.1) is 11.3 Å². The standard InChI is InChI=1S/C15H19N3O3/c1-11-4-3-5-18-7-12(16-14(11)18)6-17-9-15(2,10-17)21-8-13(19)20/h3-5,7H,6,8-10H2,1-2H3,(H,19,20). The van der Waals surface area contributed by atoms with Crippen LogP contribution in [0.4, 0.5) is 0 Å². The molecule has 21 heavy (non-hydrogen) atoms. The number of aromatic nitrogens is 2. The second-order valence-electron chi connectivity index (χ2n) is 5.93. The third-order valence-electron chi connectivity index (χ3n) is 3.77. The molecule has 0 radical (unpaired) electrons. The molecule has 0 amide bonds. The Hall–Kier alpha value is -1.92. The van der Waals surface area contributed by atoms with Crippen LogP contribution in [0.1, 0.15) is 18.2 Å². The summed E-state index contributed by atoms with van der Waals surface area (Å²) in [7, 11) is 0. The Balaban J connectivity index is 1.60. The maximum atomic E-state index is 10.5. The molecule has 0 aliphatic carbocycles. The minimum atomic E-state index is -0.925. The smallest absolute Gasteiger partial charge is 0.329 e. The van der Waals surface area contributed by atoms with Gasteiger partial charge in [-0.3, -0.25) is 4.90 Å². The highest BCUT2D eigenvalue weighted by Crippen LogP contribution is 2.26. The summed E-state index contributed by atoms with van der Waals surface area (Å²) in [4.78, 5) is 17.4. The van der Waals surface area contributed by atoms with E-state index in [1.807, 2.05) is 42.8 Å². The SMILES string of the molecule is Cc1cccn2cc(CN3CC(C)(OCC(=O)O)C3)nc12. The van der Waals surface area contributed by atoms with Crippen LogP contribution in [0.25, 0.3) is 5.65 Å². The van der Waals surface area contributed by atoms with Crippen molar-refractivity contribution in [3.8, 4) is 0 Å². The molecule has 1 fully saturated rings. The summed E-state index contributed by atoms with van der Waals surface area (Å²) in [6.07, 6.45) is 4.03. The van der Waals surface area contributed by atoms with E-state index in [2.05, 4.69) is 9.88 Å². The molecule has 1 aliphatic rings. The number of carbonyl (C=O) groups is 1. The number of nitrogens with zero attached hydrogens (tertiary/aromatic N) is 3. The normalized spacial score (nSPS) is 17.8. The first-order chi connectivity index (χ1) is 9.95. The molecule has 0 aromatic carbocycles. The topological polar surface area (TPSA) is 67.1 Å². The van der Waals surface area contributed by atoms with Crippen LogP contribution in [0.3, 0.4) is 0 Å². The molecule has 3 heterocycles. The van der Waals surface area contributed by atoms with E-state index >= 15 is 0 Å². The Morgan fingerprint density at radius 1 is 1.52 bits per heavy atom. The summed E-state index contributed by atoms with van der Waals surface area (Å²) in [6.45, 7) is 5.97. The second-order valence-corrected chi connectivity index (χ2v) is 5.93. The van der Waals surface area contributed by atoms with Crippen molar-refractivity contribution in [3.63, 3.8) is 0 Å². The van der Waals surface area contributed by atoms with Gasteiger partial charge in [-0.2, -0.15) is 0 Å². The van der Waals surface area contributed by atoms with Crippen LogP contribution >= 0.6 is 0 Å². The Kier molecular flexibility index (Phi) is 3.43. The average Bonchev–Trinajstić information content (AvgIpc) is 2.79. The van der Waals surface area contributed by atoms with Gasteiger partial charge in [0.15, 0.2) is 0 Å². The molecule has 1 saturated heterocycles. The second kappa shape index (κ2) is 5.13. The lowest BCUT2D eigenvalue weighted by atomic mass is 9.96. The van der Waals surface area contributed by atoms with Crippen molar-refractivity contribution < 1.29 is 14.6 Å². The van der Waals surface area contributed by atoms with Crippen molar-refractivity contribution in [3.05, 3.63) is 35.8 Å². The van der Waals surface area contributed by atoms with E-state index in [4.69, 9.17) is 9.84 Å². The van der Waals surface area contributed by atoms with E-state index in [1.54, 1.807) is 0 Å². The van der Waals surface area contributed by atoms with Crippen LogP contribution in [0.5, 0.6) is 0 Å². The first-order valence-electron chi connectivity index (χ1n) is 6.96. The molecule has 0 spiro atoms. The number of aryl methyl sites for hydroxylation is 1. The van der Waals surface area contributed by atoms with E-state index in [9.17, 15) is 4.79 Å². The maximum Gasteiger partial charge on any atom is 0.329 e. The fourth-order valence-electron chi connectivity index (χ4n) is 2.85. The van der Waals surface area contributed by atoms with E-state index in [0.717, 1.165) is 36.5 Å². The molecule has 0 unspecified atom stereocenters. The van der Waals surface area contributed by atoms with E-state index < -0.39 is 5.97 Å². The summed E-state index contributed by atoms with van der Waals surface area (Å²) < 4.78 is 7.44. The first-order valence-corrected chi connectivity index (χ1v) is 6.96. The zero-order valence-electron chi connectivity index (χ0n) is 12.2. The highest BCUT2D eigenvalue weighted by Gasteiger charge is 2.40. The van der Waals surface area contributed by atoms with Crippen LogP contribution in [0.2, 0.25) is 0 Å². The number of rotatable bonds is 5. The quantitative estimate of drug-likeness (QED) is 0.899. The predicted octanol–water partition coefficient (Wildman–Crippen LogP) is 1.32. The van der Waals surface area contributed by atoms with Gasteiger partial charge in [-0.15, -0.1) is 0 Å². The van der Waals surface area contributed by atoms with E-state index in [1.165, 1.54) is 0 Å². The Bertz CT molecular complexity index is 674. The molecule has 112 valence electrons. The Morgan fingerprint density at radius 2 is 2.29 bits per heavy atom. The van der Waals surface area contributed by atoms with Crippen LogP contribution < -0.4 is 0 Å². The van der Waals surface area contributed by atoms with E-state index in [0.29, 0.717) is 0 Å². The van der Waals surface area contributed by atoms with Gasteiger partial charge in [0, 0.05) is 32.0 Å². The Labute approximate surface area is 123 Å². The molecule has 1 N–H and O–H groups in total. The summed E-state index contributed by atoms with van der Waals surface area (Å²) in [6, 6.07) is 4.06. The largest absolute Gasteiger partial charge is 0.480 e. The fraction of sp³-hybridized carbons (Fsp3) is 0.467. The van der Waals surface area contributed by atoms with Gasteiger partial charge in [-0.1, -0.05) is 6.07 Å². The summed E-state index contributed by atoms with van der Waals surface area (Å²) >= 11 is 0. The van der Waals surface area contributed by atoms with Gasteiger partial charge in [0.1, 0.15) is 12.3 Å². The van der Waals surface area contributed by atoms with Crippen molar-refractivity contribution in [2.45, 2.75) is 26.0 Å². The molecule has 6 nitrogen and oxygen atoms in total. The number of carboxylic acid groups (broad SMARTS) is 1. The lowest BCUT2D eigenvalue weighted by Gasteiger charge is -2.47. The molecular weight excluding hydrogens is 270 g/mol. The van der Waals surface area contributed by atoms with Crippen molar-refractivity contribution in [1.82, 2.24) is 14.3 Å². The number of hydrogen-bond acceptors (Lipinski definition) is 4. The summed E-state index contributed by atoms with van der Waals surface area (Å²) in [5.41, 5.74) is 2.80. The summed E-state index contributed by atoms with van der Waals surface area (Å²) in [5.74, 6) is -0.925. The molecule has 0 bridgehead atoms. The molecular formula is C15H19N3O3. The van der Waals surface area contributed by atoms with Gasteiger partial charge in [-0.05, 0) is 25.5 Å². The van der Waals surface area contributed by atoms with Gasteiger partial charge >= 0.3 is 5.97 Å². The number of likely N-dealkylation sites (tertiary alicyclic amines) is 1. The number of hydrogen-bond donors (Lipinski definition) is 1. The lowest BCUT2D eigenvalue weighted by molar-refractivity contribution is -0.165. The van der Waals surface area contributed by atoms with Gasteiger partial charge in [-0.25, -0.2) is 9.78 Å². The van der Waals surface area contributed by atoms with Crippen molar-refractivity contribution in [2.24, 2.45) is 0 Å².